The third kappa shape index (κ3) is 2.31. The predicted octanol–water partition coefficient (Wildman–Crippen LogP) is 1.14. The fourth-order valence-corrected chi connectivity index (χ4v) is 2.32. The van der Waals surface area contributed by atoms with E-state index in [0.29, 0.717) is 5.88 Å². The normalized spacial score (nSPS) is 12.5. The molecule has 6 heteroatoms. The van der Waals surface area contributed by atoms with Crippen molar-refractivity contribution in [2.45, 2.75) is 19.9 Å². The summed E-state index contributed by atoms with van der Waals surface area (Å²) in [5.74, 6) is 0.532. The smallest absolute Gasteiger partial charge is 0.237 e. The zero-order chi connectivity index (χ0) is 14.0. The molecule has 2 aromatic heterocycles. The molecule has 0 amide bonds. The molecule has 0 aliphatic rings. The minimum atomic E-state index is -0.0858. The van der Waals surface area contributed by atoms with E-state index in [-0.39, 0.29) is 6.04 Å². The molecule has 102 valence electrons. The number of methoxy groups -OCH3 is 1. The second-order valence-electron chi connectivity index (χ2n) is 4.38. The number of aromatic nitrogens is 4. The number of hydrogen-bond acceptors (Lipinski definition) is 5. The molecule has 0 bridgehead atoms. The van der Waals surface area contributed by atoms with Gasteiger partial charge in [-0.3, -0.25) is 9.67 Å². The van der Waals surface area contributed by atoms with Gasteiger partial charge in [-0.05, 0) is 20.9 Å². The van der Waals surface area contributed by atoms with Gasteiger partial charge in [0.25, 0.3) is 0 Å². The van der Waals surface area contributed by atoms with Gasteiger partial charge in [0.15, 0.2) is 0 Å². The number of rotatable bonds is 4. The molecule has 0 fully saturated rings. The first-order valence-corrected chi connectivity index (χ1v) is 6.12. The summed E-state index contributed by atoms with van der Waals surface area (Å²) in [7, 11) is 5.43. The average Bonchev–Trinajstić information content (AvgIpc) is 2.67. The Morgan fingerprint density at radius 2 is 1.95 bits per heavy atom. The van der Waals surface area contributed by atoms with Crippen molar-refractivity contribution in [1.29, 1.82) is 0 Å². The van der Waals surface area contributed by atoms with Gasteiger partial charge in [-0.1, -0.05) is 0 Å². The average molecular weight is 261 g/mol. The summed E-state index contributed by atoms with van der Waals surface area (Å²) in [4.78, 5) is 8.61. The van der Waals surface area contributed by atoms with Crippen molar-refractivity contribution in [3.63, 3.8) is 0 Å². The third-order valence-electron chi connectivity index (χ3n) is 3.30. The lowest BCUT2D eigenvalue weighted by Crippen LogP contribution is -2.21. The van der Waals surface area contributed by atoms with Crippen molar-refractivity contribution >= 4 is 0 Å². The minimum absolute atomic E-state index is 0.0858. The van der Waals surface area contributed by atoms with Gasteiger partial charge in [0, 0.05) is 30.7 Å². The van der Waals surface area contributed by atoms with Gasteiger partial charge in [0.1, 0.15) is 5.69 Å². The van der Waals surface area contributed by atoms with Crippen molar-refractivity contribution in [3.8, 4) is 5.88 Å². The highest BCUT2D eigenvalue weighted by Crippen LogP contribution is 2.29. The van der Waals surface area contributed by atoms with Gasteiger partial charge in [-0.25, -0.2) is 4.98 Å². The topological polar surface area (TPSA) is 64.9 Å². The number of nitrogens with one attached hydrogen (secondary N) is 1. The van der Waals surface area contributed by atoms with E-state index in [4.69, 9.17) is 4.74 Å². The zero-order valence-corrected chi connectivity index (χ0v) is 11.9. The molecule has 0 saturated heterocycles. The minimum Gasteiger partial charge on any atom is -0.480 e. The Morgan fingerprint density at radius 3 is 2.47 bits per heavy atom. The molecular weight excluding hydrogens is 242 g/mol. The summed E-state index contributed by atoms with van der Waals surface area (Å²) in [6.07, 6.45) is 3.29. The molecule has 6 nitrogen and oxygen atoms in total. The Morgan fingerprint density at radius 1 is 1.26 bits per heavy atom. The van der Waals surface area contributed by atoms with E-state index in [0.717, 1.165) is 22.6 Å². The standard InChI is InChI=1S/C13H19N5O/c1-8-10(9(2)18(4)17-8)11(14-3)12-13(19-5)16-7-6-15-12/h6-7,11,14H,1-5H3. The van der Waals surface area contributed by atoms with Gasteiger partial charge >= 0.3 is 0 Å². The molecule has 0 aliphatic carbocycles. The van der Waals surface area contributed by atoms with Gasteiger partial charge in [0.05, 0.1) is 18.8 Å². The van der Waals surface area contributed by atoms with Crippen LogP contribution in [0.4, 0.5) is 0 Å². The molecule has 0 radical (unpaired) electrons. The molecular formula is C13H19N5O. The molecule has 2 heterocycles. The van der Waals surface area contributed by atoms with Crippen LogP contribution in [0.15, 0.2) is 12.4 Å². The second-order valence-corrected chi connectivity index (χ2v) is 4.38. The molecule has 1 unspecified atom stereocenters. The molecule has 0 aromatic carbocycles. The van der Waals surface area contributed by atoms with Crippen molar-refractivity contribution in [3.05, 3.63) is 35.0 Å². The van der Waals surface area contributed by atoms with E-state index in [1.54, 1.807) is 19.5 Å². The number of aryl methyl sites for hydroxylation is 2. The Bertz CT molecular complexity index is 578. The highest BCUT2D eigenvalue weighted by molar-refractivity contribution is 5.37. The number of nitrogens with zero attached hydrogens (tertiary/aromatic N) is 4. The van der Waals surface area contributed by atoms with Crippen LogP contribution in [0.2, 0.25) is 0 Å². The molecule has 0 aliphatic heterocycles. The molecule has 1 atom stereocenters. The van der Waals surface area contributed by atoms with Crippen LogP contribution in [0, 0.1) is 13.8 Å². The van der Waals surface area contributed by atoms with Gasteiger partial charge in [0.2, 0.25) is 5.88 Å². The lowest BCUT2D eigenvalue weighted by atomic mass is 10.0. The van der Waals surface area contributed by atoms with E-state index < -0.39 is 0 Å². The van der Waals surface area contributed by atoms with Gasteiger partial charge < -0.3 is 10.1 Å². The Kier molecular flexibility index (Phi) is 3.80. The summed E-state index contributed by atoms with van der Waals surface area (Å²) < 4.78 is 7.17. The highest BCUT2D eigenvalue weighted by atomic mass is 16.5. The molecule has 2 aromatic rings. The van der Waals surface area contributed by atoms with E-state index in [9.17, 15) is 0 Å². The van der Waals surface area contributed by atoms with Crippen LogP contribution < -0.4 is 10.1 Å². The molecule has 0 saturated carbocycles. The van der Waals surface area contributed by atoms with Crippen molar-refractivity contribution in [2.75, 3.05) is 14.2 Å². The Balaban J connectivity index is 2.56. The maximum Gasteiger partial charge on any atom is 0.237 e. The number of ether oxygens (including phenoxy) is 1. The van der Waals surface area contributed by atoms with Crippen LogP contribution in [0.5, 0.6) is 5.88 Å². The summed E-state index contributed by atoms with van der Waals surface area (Å²) in [6, 6.07) is -0.0858. The maximum atomic E-state index is 5.30. The van der Waals surface area contributed by atoms with Gasteiger partial charge in [-0.2, -0.15) is 5.10 Å². The number of hydrogen-bond donors (Lipinski definition) is 1. The van der Waals surface area contributed by atoms with Crippen LogP contribution in [0.25, 0.3) is 0 Å². The second kappa shape index (κ2) is 5.36. The van der Waals surface area contributed by atoms with Crippen molar-refractivity contribution in [2.24, 2.45) is 7.05 Å². The largest absolute Gasteiger partial charge is 0.480 e. The Hall–Kier alpha value is -1.95. The molecule has 1 N–H and O–H groups in total. The van der Waals surface area contributed by atoms with Crippen LogP contribution in [0.3, 0.4) is 0 Å². The fraction of sp³-hybridized carbons (Fsp3) is 0.462. The molecule has 0 spiro atoms. The first-order chi connectivity index (χ1) is 9.10. The van der Waals surface area contributed by atoms with Gasteiger partial charge in [-0.15, -0.1) is 0 Å². The van der Waals surface area contributed by atoms with E-state index in [1.807, 2.05) is 32.6 Å². The van der Waals surface area contributed by atoms with Crippen LogP contribution in [-0.2, 0) is 7.05 Å². The monoisotopic (exact) mass is 261 g/mol. The van der Waals surface area contributed by atoms with Crippen LogP contribution in [0.1, 0.15) is 28.7 Å². The van der Waals surface area contributed by atoms with Crippen LogP contribution in [-0.4, -0.2) is 33.9 Å². The van der Waals surface area contributed by atoms with Crippen LogP contribution >= 0.6 is 0 Å². The Labute approximate surface area is 112 Å². The van der Waals surface area contributed by atoms with Crippen molar-refractivity contribution in [1.82, 2.24) is 25.1 Å². The first-order valence-electron chi connectivity index (χ1n) is 6.12. The van der Waals surface area contributed by atoms with Crippen molar-refractivity contribution < 1.29 is 4.74 Å². The summed E-state index contributed by atoms with van der Waals surface area (Å²) >= 11 is 0. The summed E-state index contributed by atoms with van der Waals surface area (Å²) in [6.45, 7) is 4.04. The quantitative estimate of drug-likeness (QED) is 0.894. The fourth-order valence-electron chi connectivity index (χ4n) is 2.32. The first kappa shape index (κ1) is 13.5. The van der Waals surface area contributed by atoms with E-state index in [2.05, 4.69) is 20.4 Å². The molecule has 2 rings (SSSR count). The van der Waals surface area contributed by atoms with E-state index in [1.165, 1.54) is 0 Å². The summed E-state index contributed by atoms with van der Waals surface area (Å²) in [5.41, 5.74) is 3.96. The SMILES string of the molecule is CNC(c1nccnc1OC)c1c(C)nn(C)c1C. The zero-order valence-electron chi connectivity index (χ0n) is 11.9. The predicted molar refractivity (Wildman–Crippen MR) is 72.2 cm³/mol. The third-order valence-corrected chi connectivity index (χ3v) is 3.30. The lowest BCUT2D eigenvalue weighted by Gasteiger charge is -2.18. The summed E-state index contributed by atoms with van der Waals surface area (Å²) in [5, 5.41) is 7.72. The highest BCUT2D eigenvalue weighted by Gasteiger charge is 2.24. The maximum absolute atomic E-state index is 5.30. The lowest BCUT2D eigenvalue weighted by molar-refractivity contribution is 0.384. The molecule has 19 heavy (non-hydrogen) atoms. The van der Waals surface area contributed by atoms with E-state index >= 15 is 0 Å².